The maximum atomic E-state index is 12.1. The molecule has 1 fully saturated rings. The van der Waals surface area contributed by atoms with Gasteiger partial charge in [0.05, 0.1) is 4.92 Å². The van der Waals surface area contributed by atoms with E-state index in [-0.39, 0.29) is 17.2 Å². The number of piperazine rings is 1. The molecule has 2 N–H and O–H groups in total. The van der Waals surface area contributed by atoms with Crippen LogP contribution in [-0.2, 0) is 9.59 Å². The van der Waals surface area contributed by atoms with Crippen LogP contribution in [0.5, 0.6) is 0 Å². The second-order valence-corrected chi connectivity index (χ2v) is 5.99. The normalized spacial score (nSPS) is 15.3. The minimum absolute atomic E-state index is 0.0101. The number of hydrogen-bond donors (Lipinski definition) is 2. The number of amides is 2. The number of carboxylic acids is 1. The first-order valence-corrected chi connectivity index (χ1v) is 8.03. The van der Waals surface area contributed by atoms with E-state index in [1.807, 2.05) is 0 Å². The van der Waals surface area contributed by atoms with E-state index in [0.717, 1.165) is 6.07 Å². The molecule has 0 radical (unpaired) electrons. The SMILES string of the molecule is CC(=O)N1CCN(c2ccc(C(=O)N[C@@H](C)C(=O)O)cc2[N+](=O)[O-])CC1. The average molecular weight is 364 g/mol. The highest BCUT2D eigenvalue weighted by atomic mass is 16.6. The lowest BCUT2D eigenvalue weighted by Gasteiger charge is -2.35. The van der Waals surface area contributed by atoms with Crippen molar-refractivity contribution < 1.29 is 24.4 Å². The van der Waals surface area contributed by atoms with Crippen LogP contribution in [0.25, 0.3) is 0 Å². The molecule has 1 saturated heterocycles. The summed E-state index contributed by atoms with van der Waals surface area (Å²) in [5.41, 5.74) is 0.133. The van der Waals surface area contributed by atoms with E-state index in [2.05, 4.69) is 5.32 Å². The van der Waals surface area contributed by atoms with Crippen LogP contribution in [0.15, 0.2) is 18.2 Å². The largest absolute Gasteiger partial charge is 0.480 e. The molecule has 1 aliphatic rings. The molecule has 10 heteroatoms. The third-order valence-electron chi connectivity index (χ3n) is 4.22. The Kier molecular flexibility index (Phi) is 5.75. The van der Waals surface area contributed by atoms with Crippen molar-refractivity contribution >= 4 is 29.2 Å². The van der Waals surface area contributed by atoms with Gasteiger partial charge in [0.1, 0.15) is 11.7 Å². The molecule has 1 aliphatic heterocycles. The fourth-order valence-corrected chi connectivity index (χ4v) is 2.68. The van der Waals surface area contributed by atoms with Crippen molar-refractivity contribution in [1.82, 2.24) is 10.2 Å². The van der Waals surface area contributed by atoms with Crippen LogP contribution in [0.3, 0.4) is 0 Å². The van der Waals surface area contributed by atoms with E-state index in [1.165, 1.54) is 26.0 Å². The molecule has 1 aromatic carbocycles. The summed E-state index contributed by atoms with van der Waals surface area (Å²) in [4.78, 5) is 48.6. The summed E-state index contributed by atoms with van der Waals surface area (Å²) in [6.45, 7) is 4.60. The van der Waals surface area contributed by atoms with Crippen LogP contribution in [0.1, 0.15) is 24.2 Å². The van der Waals surface area contributed by atoms with Crippen molar-refractivity contribution in [1.29, 1.82) is 0 Å². The Labute approximate surface area is 149 Å². The summed E-state index contributed by atoms with van der Waals surface area (Å²) in [6, 6.07) is 2.92. The summed E-state index contributed by atoms with van der Waals surface area (Å²) < 4.78 is 0. The topological polar surface area (TPSA) is 133 Å². The molecule has 26 heavy (non-hydrogen) atoms. The first kappa shape index (κ1) is 19.2. The molecule has 10 nitrogen and oxygen atoms in total. The molecule has 2 rings (SSSR count). The van der Waals surface area contributed by atoms with Gasteiger partial charge >= 0.3 is 5.97 Å². The van der Waals surface area contributed by atoms with Crippen molar-refractivity contribution in [2.45, 2.75) is 19.9 Å². The van der Waals surface area contributed by atoms with Crippen LogP contribution in [-0.4, -0.2) is 64.9 Å². The lowest BCUT2D eigenvalue weighted by molar-refractivity contribution is -0.384. The van der Waals surface area contributed by atoms with Crippen LogP contribution in [0.4, 0.5) is 11.4 Å². The van der Waals surface area contributed by atoms with Crippen molar-refractivity contribution in [2.24, 2.45) is 0 Å². The second-order valence-electron chi connectivity index (χ2n) is 5.99. The third kappa shape index (κ3) is 4.26. The zero-order valence-electron chi connectivity index (χ0n) is 14.5. The molecule has 1 atom stereocenters. The van der Waals surface area contributed by atoms with Gasteiger partial charge in [0.15, 0.2) is 0 Å². The van der Waals surface area contributed by atoms with Crippen LogP contribution < -0.4 is 10.2 Å². The molecule has 1 heterocycles. The summed E-state index contributed by atoms with van der Waals surface area (Å²) in [7, 11) is 0. The van der Waals surface area contributed by atoms with Gasteiger partial charge in [-0.2, -0.15) is 0 Å². The molecular weight excluding hydrogens is 344 g/mol. The Hall–Kier alpha value is -3.17. The predicted octanol–water partition coefficient (Wildman–Crippen LogP) is 0.466. The number of hydrogen-bond acceptors (Lipinski definition) is 6. The van der Waals surface area contributed by atoms with E-state index in [0.29, 0.717) is 31.9 Å². The quantitative estimate of drug-likeness (QED) is 0.573. The smallest absolute Gasteiger partial charge is 0.325 e. The lowest BCUT2D eigenvalue weighted by Crippen LogP contribution is -2.48. The molecular formula is C16H20N4O6. The first-order valence-electron chi connectivity index (χ1n) is 8.03. The highest BCUT2D eigenvalue weighted by Crippen LogP contribution is 2.30. The number of aliphatic carboxylic acids is 1. The summed E-state index contributed by atoms with van der Waals surface area (Å²) in [6.07, 6.45) is 0. The number of nitro benzene ring substituents is 1. The van der Waals surface area contributed by atoms with Crippen molar-refractivity contribution in [3.63, 3.8) is 0 Å². The van der Waals surface area contributed by atoms with Gasteiger partial charge < -0.3 is 20.2 Å². The number of carboxylic acid groups (broad SMARTS) is 1. The number of benzene rings is 1. The van der Waals surface area contributed by atoms with Crippen molar-refractivity contribution in [2.75, 3.05) is 31.1 Å². The molecule has 0 spiro atoms. The molecule has 2 amide bonds. The van der Waals surface area contributed by atoms with E-state index in [9.17, 15) is 24.5 Å². The van der Waals surface area contributed by atoms with E-state index in [1.54, 1.807) is 9.80 Å². The minimum atomic E-state index is -1.20. The van der Waals surface area contributed by atoms with E-state index >= 15 is 0 Å². The monoisotopic (exact) mass is 364 g/mol. The van der Waals surface area contributed by atoms with Crippen LogP contribution in [0.2, 0.25) is 0 Å². The fraction of sp³-hybridized carbons (Fsp3) is 0.438. The number of nitrogens with zero attached hydrogens (tertiary/aromatic N) is 3. The van der Waals surface area contributed by atoms with Crippen LogP contribution >= 0.6 is 0 Å². The number of anilines is 1. The third-order valence-corrected chi connectivity index (χ3v) is 4.22. The molecule has 0 aromatic heterocycles. The molecule has 0 aliphatic carbocycles. The van der Waals surface area contributed by atoms with E-state index < -0.39 is 22.8 Å². The fourth-order valence-electron chi connectivity index (χ4n) is 2.68. The van der Waals surface area contributed by atoms with Crippen molar-refractivity contribution in [3.05, 3.63) is 33.9 Å². The minimum Gasteiger partial charge on any atom is -0.480 e. The molecule has 0 saturated carbocycles. The van der Waals surface area contributed by atoms with Gasteiger partial charge in [-0.1, -0.05) is 0 Å². The highest BCUT2D eigenvalue weighted by Gasteiger charge is 2.26. The Morgan fingerprint density at radius 1 is 1.23 bits per heavy atom. The zero-order chi connectivity index (χ0) is 19.4. The molecule has 0 unspecified atom stereocenters. The van der Waals surface area contributed by atoms with Crippen LogP contribution in [0, 0.1) is 10.1 Å². The van der Waals surface area contributed by atoms with E-state index in [4.69, 9.17) is 5.11 Å². The maximum absolute atomic E-state index is 12.1. The zero-order valence-corrected chi connectivity index (χ0v) is 14.5. The molecule has 1 aromatic rings. The van der Waals surface area contributed by atoms with Crippen molar-refractivity contribution in [3.8, 4) is 0 Å². The molecule has 140 valence electrons. The summed E-state index contributed by atoms with van der Waals surface area (Å²) in [5.74, 6) is -1.94. The Morgan fingerprint density at radius 3 is 2.35 bits per heavy atom. The number of nitrogens with one attached hydrogen (secondary N) is 1. The average Bonchev–Trinajstić information content (AvgIpc) is 2.61. The van der Waals surface area contributed by atoms with Gasteiger partial charge in [-0.3, -0.25) is 24.5 Å². The Balaban J connectivity index is 2.22. The van der Waals surface area contributed by atoms with Gasteiger partial charge in [0, 0.05) is 44.7 Å². The van der Waals surface area contributed by atoms with Gasteiger partial charge in [0.25, 0.3) is 11.6 Å². The second kappa shape index (κ2) is 7.81. The number of carbonyl (C=O) groups is 3. The number of carbonyl (C=O) groups excluding carboxylic acids is 2. The highest BCUT2D eigenvalue weighted by molar-refractivity contribution is 5.97. The number of nitro groups is 1. The Bertz CT molecular complexity index is 742. The maximum Gasteiger partial charge on any atom is 0.325 e. The van der Waals surface area contributed by atoms with Gasteiger partial charge in [-0.25, -0.2) is 0 Å². The van der Waals surface area contributed by atoms with Gasteiger partial charge in [0.2, 0.25) is 5.91 Å². The lowest BCUT2D eigenvalue weighted by atomic mass is 10.1. The van der Waals surface area contributed by atoms with Gasteiger partial charge in [-0.05, 0) is 19.1 Å². The summed E-state index contributed by atoms with van der Waals surface area (Å²) >= 11 is 0. The summed E-state index contributed by atoms with van der Waals surface area (Å²) in [5, 5.41) is 22.5. The van der Waals surface area contributed by atoms with Gasteiger partial charge in [-0.15, -0.1) is 0 Å². The Morgan fingerprint density at radius 2 is 1.85 bits per heavy atom. The predicted molar refractivity (Wildman–Crippen MR) is 92.1 cm³/mol. The standard InChI is InChI=1S/C16H20N4O6/c1-10(16(23)24)17-15(22)12-3-4-13(14(9-12)20(25)26)19-7-5-18(6-8-19)11(2)21/h3-4,9-10H,5-8H2,1-2H3,(H,17,22)(H,23,24)/t10-/m0/s1. The first-order chi connectivity index (χ1) is 12.2. The number of rotatable bonds is 5. The molecule has 0 bridgehead atoms.